The zero-order valence-corrected chi connectivity index (χ0v) is 11.6. The van der Waals surface area contributed by atoms with Crippen LogP contribution in [0.4, 0.5) is 4.39 Å². The molecular formula is C13H16BrFN2O. The third-order valence-corrected chi connectivity index (χ3v) is 3.61. The molecule has 18 heavy (non-hydrogen) atoms. The molecule has 2 rings (SSSR count). The van der Waals surface area contributed by atoms with Gasteiger partial charge in [-0.2, -0.15) is 0 Å². The number of hydrogen-bond acceptors (Lipinski definition) is 2. The fourth-order valence-electron chi connectivity index (χ4n) is 2.13. The molecule has 0 radical (unpaired) electrons. The van der Waals surface area contributed by atoms with E-state index in [2.05, 4.69) is 26.6 Å². The first-order valence-corrected chi connectivity index (χ1v) is 6.93. The zero-order chi connectivity index (χ0) is 13.0. The zero-order valence-electron chi connectivity index (χ0n) is 10.0. The van der Waals surface area contributed by atoms with Gasteiger partial charge in [-0.05, 0) is 44.0 Å². The Hall–Kier alpha value is -0.940. The molecule has 1 atom stereocenters. The Morgan fingerprint density at radius 3 is 3.06 bits per heavy atom. The topological polar surface area (TPSA) is 41.1 Å². The maximum atomic E-state index is 13.5. The predicted octanol–water partition coefficient (Wildman–Crippen LogP) is 2.46. The molecule has 0 bridgehead atoms. The van der Waals surface area contributed by atoms with Crippen LogP contribution in [0.15, 0.2) is 22.7 Å². The van der Waals surface area contributed by atoms with Crippen LogP contribution < -0.4 is 10.6 Å². The molecule has 1 aromatic rings. The van der Waals surface area contributed by atoms with Crippen molar-refractivity contribution < 1.29 is 9.18 Å². The van der Waals surface area contributed by atoms with Crippen molar-refractivity contribution in [3.63, 3.8) is 0 Å². The molecule has 0 spiro atoms. The minimum absolute atomic E-state index is 0.0950. The van der Waals surface area contributed by atoms with Crippen molar-refractivity contribution in [2.45, 2.75) is 25.3 Å². The SMILES string of the molecule is O=C(NCC[C@H]1CCCN1)c1ccc(Br)cc1F. The van der Waals surface area contributed by atoms with Crippen LogP contribution in [0, 0.1) is 5.82 Å². The van der Waals surface area contributed by atoms with Gasteiger partial charge in [-0.15, -0.1) is 0 Å². The first kappa shape index (κ1) is 13.5. The first-order chi connectivity index (χ1) is 8.66. The second kappa shape index (κ2) is 6.29. The molecule has 1 amide bonds. The van der Waals surface area contributed by atoms with E-state index in [1.807, 2.05) is 0 Å². The molecule has 3 nitrogen and oxygen atoms in total. The Morgan fingerprint density at radius 1 is 1.56 bits per heavy atom. The van der Waals surface area contributed by atoms with Gasteiger partial charge in [0.2, 0.25) is 0 Å². The van der Waals surface area contributed by atoms with Gasteiger partial charge >= 0.3 is 0 Å². The summed E-state index contributed by atoms with van der Waals surface area (Å²) >= 11 is 3.16. The molecule has 1 saturated heterocycles. The minimum Gasteiger partial charge on any atom is -0.352 e. The van der Waals surface area contributed by atoms with E-state index in [0.29, 0.717) is 17.1 Å². The van der Waals surface area contributed by atoms with Crippen LogP contribution in [0.25, 0.3) is 0 Å². The van der Waals surface area contributed by atoms with Crippen LogP contribution in [-0.2, 0) is 0 Å². The summed E-state index contributed by atoms with van der Waals surface area (Å²) in [5.74, 6) is -0.848. The lowest BCUT2D eigenvalue weighted by molar-refractivity contribution is 0.0948. The summed E-state index contributed by atoms with van der Waals surface area (Å²) in [4.78, 5) is 11.8. The largest absolute Gasteiger partial charge is 0.352 e. The summed E-state index contributed by atoms with van der Waals surface area (Å²) in [6.07, 6.45) is 3.24. The summed E-state index contributed by atoms with van der Waals surface area (Å²) in [5, 5.41) is 6.11. The van der Waals surface area contributed by atoms with Gasteiger partial charge in [0, 0.05) is 17.1 Å². The van der Waals surface area contributed by atoms with E-state index in [1.165, 1.54) is 18.6 Å². The highest BCUT2D eigenvalue weighted by molar-refractivity contribution is 9.10. The second-order valence-electron chi connectivity index (χ2n) is 4.46. The summed E-state index contributed by atoms with van der Waals surface area (Å²) in [7, 11) is 0. The average Bonchev–Trinajstić information content (AvgIpc) is 2.81. The molecule has 0 aliphatic carbocycles. The van der Waals surface area contributed by atoms with Crippen molar-refractivity contribution in [3.05, 3.63) is 34.1 Å². The van der Waals surface area contributed by atoms with E-state index in [-0.39, 0.29) is 11.5 Å². The molecule has 1 aliphatic heterocycles. The maximum Gasteiger partial charge on any atom is 0.254 e. The van der Waals surface area contributed by atoms with E-state index >= 15 is 0 Å². The van der Waals surface area contributed by atoms with Crippen LogP contribution in [0.5, 0.6) is 0 Å². The Bertz CT molecular complexity index is 433. The van der Waals surface area contributed by atoms with Crippen LogP contribution in [-0.4, -0.2) is 25.0 Å². The van der Waals surface area contributed by atoms with Crippen LogP contribution >= 0.6 is 15.9 Å². The molecule has 1 fully saturated rings. The molecule has 0 unspecified atom stereocenters. The lowest BCUT2D eigenvalue weighted by Crippen LogP contribution is -2.31. The van der Waals surface area contributed by atoms with Crippen molar-refractivity contribution in [1.82, 2.24) is 10.6 Å². The summed E-state index contributed by atoms with van der Waals surface area (Å²) in [6.45, 7) is 1.63. The number of benzene rings is 1. The van der Waals surface area contributed by atoms with Crippen LogP contribution in [0.2, 0.25) is 0 Å². The van der Waals surface area contributed by atoms with Gasteiger partial charge in [0.15, 0.2) is 0 Å². The molecular weight excluding hydrogens is 299 g/mol. The Kier molecular flexibility index (Phi) is 4.72. The number of carbonyl (C=O) groups excluding carboxylic acids is 1. The van der Waals surface area contributed by atoms with E-state index in [0.717, 1.165) is 19.4 Å². The Balaban J connectivity index is 1.83. The van der Waals surface area contributed by atoms with Crippen molar-refractivity contribution in [2.24, 2.45) is 0 Å². The lowest BCUT2D eigenvalue weighted by atomic mass is 10.1. The predicted molar refractivity (Wildman–Crippen MR) is 72.1 cm³/mol. The molecule has 0 aromatic heterocycles. The number of hydrogen-bond donors (Lipinski definition) is 2. The fourth-order valence-corrected chi connectivity index (χ4v) is 2.47. The molecule has 2 N–H and O–H groups in total. The Morgan fingerprint density at radius 2 is 2.39 bits per heavy atom. The van der Waals surface area contributed by atoms with Crippen LogP contribution in [0.1, 0.15) is 29.6 Å². The molecule has 98 valence electrons. The summed E-state index contributed by atoms with van der Waals surface area (Å²) < 4.78 is 14.2. The maximum absolute atomic E-state index is 13.5. The number of nitrogens with one attached hydrogen (secondary N) is 2. The lowest BCUT2D eigenvalue weighted by Gasteiger charge is -2.11. The highest BCUT2D eigenvalue weighted by atomic mass is 79.9. The smallest absolute Gasteiger partial charge is 0.254 e. The molecule has 0 saturated carbocycles. The molecule has 5 heteroatoms. The fraction of sp³-hybridized carbons (Fsp3) is 0.462. The first-order valence-electron chi connectivity index (χ1n) is 6.13. The Labute approximate surface area is 114 Å². The summed E-state index contributed by atoms with van der Waals surface area (Å²) in [6, 6.07) is 4.94. The molecule has 1 aliphatic rings. The molecule has 1 aromatic carbocycles. The minimum atomic E-state index is -0.499. The van der Waals surface area contributed by atoms with Crippen molar-refractivity contribution >= 4 is 21.8 Å². The highest BCUT2D eigenvalue weighted by Crippen LogP contribution is 2.15. The van der Waals surface area contributed by atoms with E-state index < -0.39 is 5.82 Å². The van der Waals surface area contributed by atoms with Gasteiger partial charge < -0.3 is 10.6 Å². The van der Waals surface area contributed by atoms with Gasteiger partial charge in [0.1, 0.15) is 5.82 Å². The van der Waals surface area contributed by atoms with Gasteiger partial charge in [-0.1, -0.05) is 15.9 Å². The van der Waals surface area contributed by atoms with E-state index in [4.69, 9.17) is 0 Å². The van der Waals surface area contributed by atoms with E-state index in [1.54, 1.807) is 6.07 Å². The normalized spacial score (nSPS) is 18.9. The van der Waals surface area contributed by atoms with Gasteiger partial charge in [0.25, 0.3) is 5.91 Å². The number of amides is 1. The monoisotopic (exact) mass is 314 g/mol. The highest BCUT2D eigenvalue weighted by Gasteiger charge is 2.15. The van der Waals surface area contributed by atoms with Gasteiger partial charge in [0.05, 0.1) is 5.56 Å². The summed E-state index contributed by atoms with van der Waals surface area (Å²) in [5.41, 5.74) is 0.0950. The van der Waals surface area contributed by atoms with Gasteiger partial charge in [-0.25, -0.2) is 4.39 Å². The second-order valence-corrected chi connectivity index (χ2v) is 5.38. The molecule has 1 heterocycles. The number of halogens is 2. The van der Waals surface area contributed by atoms with Crippen molar-refractivity contribution in [3.8, 4) is 0 Å². The van der Waals surface area contributed by atoms with E-state index in [9.17, 15) is 9.18 Å². The standard InChI is InChI=1S/C13H16BrFN2O/c14-9-3-4-11(12(15)8-9)13(18)17-7-5-10-2-1-6-16-10/h3-4,8,10,16H,1-2,5-7H2,(H,17,18)/t10-/m1/s1. The quantitative estimate of drug-likeness (QED) is 0.896. The number of carbonyl (C=O) groups is 1. The number of rotatable bonds is 4. The van der Waals surface area contributed by atoms with Crippen LogP contribution in [0.3, 0.4) is 0 Å². The third kappa shape index (κ3) is 3.53. The van der Waals surface area contributed by atoms with Gasteiger partial charge in [-0.3, -0.25) is 4.79 Å². The van der Waals surface area contributed by atoms with Crippen molar-refractivity contribution in [1.29, 1.82) is 0 Å². The average molecular weight is 315 g/mol. The van der Waals surface area contributed by atoms with Crippen molar-refractivity contribution in [2.75, 3.05) is 13.1 Å². The third-order valence-electron chi connectivity index (χ3n) is 3.12.